The Bertz CT molecular complexity index is 382. The molecule has 6 heteroatoms. The second-order valence-corrected chi connectivity index (χ2v) is 12.3. The predicted octanol–water partition coefficient (Wildman–Crippen LogP) is 4.26. The van der Waals surface area contributed by atoms with Gasteiger partial charge in [0.15, 0.2) is 0 Å². The summed E-state index contributed by atoms with van der Waals surface area (Å²) in [4.78, 5) is 0. The number of hydrogen-bond acceptors (Lipinski definition) is 1. The molecule has 1 N–H and O–H groups in total. The first-order chi connectivity index (χ1) is 7.66. The van der Waals surface area contributed by atoms with Crippen LogP contribution < -0.4 is 5.19 Å². The van der Waals surface area contributed by atoms with Crippen LogP contribution in [0.4, 0.5) is 3.09 Å². The van der Waals surface area contributed by atoms with Gasteiger partial charge in [0, 0.05) is 0 Å². The fraction of sp³-hybridized carbons (Fsp3) is 0.462. The van der Waals surface area contributed by atoms with Gasteiger partial charge in [0.05, 0.1) is 8.07 Å². The van der Waals surface area contributed by atoms with Gasteiger partial charge in [0.25, 0.3) is 0 Å². The van der Waals surface area contributed by atoms with Gasteiger partial charge >= 0.3 is 40.0 Å². The van der Waals surface area contributed by atoms with Crippen LogP contribution in [0.3, 0.4) is 0 Å². The zero-order valence-corrected chi connectivity index (χ0v) is 16.6. The minimum Gasteiger partial charge on any atom is -0.508 e. The molecule has 1 rings (SSSR count). The summed E-state index contributed by atoms with van der Waals surface area (Å²) in [5, 5.41) is 10.7. The van der Waals surface area contributed by atoms with E-state index in [9.17, 15) is 8.20 Å². The van der Waals surface area contributed by atoms with E-state index in [1.54, 1.807) is 6.07 Å². The molecule has 19 heavy (non-hydrogen) atoms. The van der Waals surface area contributed by atoms with Crippen LogP contribution in [0.1, 0.15) is 19.4 Å². The largest absolute Gasteiger partial charge is 0.508 e. The average molecular weight is 362 g/mol. The fourth-order valence-corrected chi connectivity index (χ4v) is 2.44. The molecule has 0 bridgehead atoms. The van der Waals surface area contributed by atoms with Crippen LogP contribution in [0, 0.1) is 6.92 Å². The van der Waals surface area contributed by atoms with Gasteiger partial charge in [-0.15, -0.1) is 24.8 Å². The summed E-state index contributed by atoms with van der Waals surface area (Å²) in [6.45, 7) is 12.5. The number of hydrogen-bond donors (Lipinski definition) is 1. The van der Waals surface area contributed by atoms with Crippen LogP contribution >= 0.6 is 24.8 Å². The molecule has 1 aromatic carbocycles. The molecule has 0 saturated carbocycles. The number of aryl methyl sites for hydroxylation is 1. The van der Waals surface area contributed by atoms with Crippen molar-refractivity contribution in [2.45, 2.75) is 40.4 Å². The van der Waals surface area contributed by atoms with Crippen molar-refractivity contribution in [1.29, 1.82) is 0 Å². The second kappa shape index (κ2) is 11.0. The minimum absolute atomic E-state index is 0. The summed E-state index contributed by atoms with van der Waals surface area (Å²) >= 11 is -1.14. The molecule has 0 radical (unpaired) electrons. The average Bonchev–Trinajstić information content (AvgIpc) is 2.15. The molecule has 0 fully saturated rings. The zero-order valence-electron chi connectivity index (χ0n) is 12.4. The minimum atomic E-state index is -1.26. The van der Waals surface area contributed by atoms with Crippen molar-refractivity contribution >= 4 is 41.9 Å². The molecule has 0 aliphatic rings. The van der Waals surface area contributed by atoms with Gasteiger partial charge in [-0.1, -0.05) is 30.9 Å². The molecule has 111 valence electrons. The zero-order chi connectivity index (χ0) is 13.6. The standard InChI is InChI=1S/C10H16OSi.C3H6.2ClH.FH.Ti/c1-8-5-9(11)7-10(6-8)12(2,3)4;1-3-2;;;;/h5-7,11H,1-4H3;1-2H3;3*1H;/q;;;;;+1/p-1. The van der Waals surface area contributed by atoms with Gasteiger partial charge in [-0.05, 0) is 24.6 Å². The summed E-state index contributed by atoms with van der Waals surface area (Å²) in [7, 11) is -1.26. The summed E-state index contributed by atoms with van der Waals surface area (Å²) in [5.74, 6) is 0.396. The van der Waals surface area contributed by atoms with Crippen molar-refractivity contribution < 1.29 is 27.4 Å². The van der Waals surface area contributed by atoms with Gasteiger partial charge in [-0.25, -0.2) is 0 Å². The van der Waals surface area contributed by atoms with E-state index in [1.165, 1.54) is 5.19 Å². The Labute approximate surface area is 138 Å². The Kier molecular flexibility index (Phi) is 14.2. The van der Waals surface area contributed by atoms with E-state index in [0.717, 1.165) is 9.37 Å². The maximum absolute atomic E-state index is 11.2. The Morgan fingerprint density at radius 1 is 1.11 bits per heavy atom. The van der Waals surface area contributed by atoms with Crippen LogP contribution in [0.25, 0.3) is 0 Å². The summed E-state index contributed by atoms with van der Waals surface area (Å²) in [6, 6.07) is 5.86. The van der Waals surface area contributed by atoms with Crippen molar-refractivity contribution in [3.05, 3.63) is 23.8 Å². The van der Waals surface area contributed by atoms with Gasteiger partial charge < -0.3 is 5.11 Å². The molecule has 0 atom stereocenters. The van der Waals surface area contributed by atoms with Gasteiger partial charge in [-0.2, -0.15) is 0 Å². The molecule has 0 saturated heterocycles. The number of aromatic hydroxyl groups is 1. The molecule has 0 amide bonds. The first kappa shape index (κ1) is 24.4. The number of phenolic OH excluding ortho intramolecular Hbond substituents is 1. The number of rotatable bonds is 1. The van der Waals surface area contributed by atoms with Crippen LogP contribution in [-0.2, 0) is 19.2 Å². The molecule has 0 aliphatic heterocycles. The number of phenols is 1. The molecular formula is C13H24Cl2FOSiTi. The topological polar surface area (TPSA) is 20.2 Å². The SMILES string of the molecule is C[C](C)=[Ti][F].Cc1cc(O)cc([Si](C)(C)C)c1.Cl.Cl. The third-order valence-corrected chi connectivity index (χ3v) is 4.73. The van der Waals surface area contributed by atoms with Crippen LogP contribution in [0.15, 0.2) is 18.2 Å². The van der Waals surface area contributed by atoms with Crippen molar-refractivity contribution in [2.24, 2.45) is 0 Å². The fourth-order valence-electron chi connectivity index (χ4n) is 1.20. The monoisotopic (exact) mass is 361 g/mol. The van der Waals surface area contributed by atoms with E-state index in [-0.39, 0.29) is 24.8 Å². The Hall–Kier alpha value is 0.331. The van der Waals surface area contributed by atoms with E-state index in [4.69, 9.17) is 0 Å². The van der Waals surface area contributed by atoms with Gasteiger partial charge in [0.1, 0.15) is 5.75 Å². The maximum atomic E-state index is 11.2. The summed E-state index contributed by atoms with van der Waals surface area (Å²) in [5.41, 5.74) is 1.15. The summed E-state index contributed by atoms with van der Waals surface area (Å²) in [6.07, 6.45) is 0. The first-order valence-corrected chi connectivity index (χ1v) is 10.5. The van der Waals surface area contributed by atoms with Crippen LogP contribution in [0.5, 0.6) is 5.75 Å². The van der Waals surface area contributed by atoms with E-state index in [2.05, 4.69) is 25.7 Å². The van der Waals surface area contributed by atoms with Crippen LogP contribution in [0.2, 0.25) is 19.6 Å². The second-order valence-electron chi connectivity index (χ2n) is 5.40. The number of benzene rings is 1. The van der Waals surface area contributed by atoms with E-state index >= 15 is 0 Å². The smallest absolute Gasteiger partial charge is 0.115 e. The van der Waals surface area contributed by atoms with E-state index in [1.807, 2.05) is 26.8 Å². The molecule has 1 aromatic rings. The van der Waals surface area contributed by atoms with Crippen molar-refractivity contribution in [2.75, 3.05) is 0 Å². The Morgan fingerprint density at radius 2 is 1.53 bits per heavy atom. The normalized spacial score (nSPS) is 9.00. The van der Waals surface area contributed by atoms with Crippen molar-refractivity contribution in [1.82, 2.24) is 0 Å². The first-order valence-electron chi connectivity index (χ1n) is 5.64. The maximum Gasteiger partial charge on any atom is 0.115 e. The third kappa shape index (κ3) is 11.8. The molecule has 0 spiro atoms. The summed E-state index contributed by atoms with van der Waals surface area (Å²) < 4.78 is 12.2. The Balaban J connectivity index is -0.000000320. The van der Waals surface area contributed by atoms with Crippen molar-refractivity contribution in [3.8, 4) is 5.75 Å². The van der Waals surface area contributed by atoms with E-state index in [0.29, 0.717) is 5.75 Å². The quantitative estimate of drug-likeness (QED) is 0.741. The molecule has 0 aromatic heterocycles. The van der Waals surface area contributed by atoms with Gasteiger partial charge in [-0.3, -0.25) is 0 Å². The number of halogens is 3. The van der Waals surface area contributed by atoms with Gasteiger partial charge in [0.2, 0.25) is 0 Å². The van der Waals surface area contributed by atoms with Crippen molar-refractivity contribution in [3.63, 3.8) is 0 Å². The third-order valence-electron chi connectivity index (χ3n) is 2.12. The molecule has 0 aliphatic carbocycles. The molecule has 0 unspecified atom stereocenters. The van der Waals surface area contributed by atoms with Crippen LogP contribution in [-0.4, -0.2) is 17.0 Å². The van der Waals surface area contributed by atoms with E-state index < -0.39 is 27.3 Å². The molecule has 0 heterocycles. The molecular weight excluding hydrogens is 338 g/mol. The molecule has 1 nitrogen and oxygen atoms in total. The predicted molar refractivity (Wildman–Crippen MR) is 87.8 cm³/mol. The Morgan fingerprint density at radius 3 is 1.79 bits per heavy atom.